The van der Waals surface area contributed by atoms with Gasteiger partial charge in [-0.1, -0.05) is 26.0 Å². The molecule has 0 aliphatic carbocycles. The number of carbonyl (C=O) groups is 2. The van der Waals surface area contributed by atoms with Crippen molar-refractivity contribution < 1.29 is 9.59 Å². The summed E-state index contributed by atoms with van der Waals surface area (Å²) in [6, 6.07) is 15.0. The molecule has 2 aromatic heterocycles. The lowest BCUT2D eigenvalue weighted by Gasteiger charge is -2.25. The van der Waals surface area contributed by atoms with Gasteiger partial charge in [-0.2, -0.15) is 0 Å². The summed E-state index contributed by atoms with van der Waals surface area (Å²) in [6.07, 6.45) is 6.33. The fraction of sp³-hybridized carbons (Fsp3) is 0.370. The number of hydrogen-bond acceptors (Lipinski definition) is 6. The molecule has 1 aliphatic rings. The monoisotopic (exact) mass is 472 g/mol. The van der Waals surface area contributed by atoms with E-state index in [9.17, 15) is 9.59 Å². The van der Waals surface area contributed by atoms with E-state index >= 15 is 0 Å². The van der Waals surface area contributed by atoms with Crippen molar-refractivity contribution in [3.8, 4) is 0 Å². The van der Waals surface area contributed by atoms with Gasteiger partial charge in [-0.15, -0.1) is 0 Å². The van der Waals surface area contributed by atoms with Crippen molar-refractivity contribution >= 4 is 23.5 Å². The van der Waals surface area contributed by atoms with Crippen molar-refractivity contribution in [3.05, 3.63) is 78.4 Å². The first-order valence-electron chi connectivity index (χ1n) is 12.1. The summed E-state index contributed by atoms with van der Waals surface area (Å²) in [5.74, 6) is 0.968. The largest absolute Gasteiger partial charge is 0.341 e. The number of carbonyl (C=O) groups excluding carboxylic acids is 2. The van der Waals surface area contributed by atoms with E-state index in [0.717, 1.165) is 11.4 Å². The first kappa shape index (κ1) is 24.3. The highest BCUT2D eigenvalue weighted by molar-refractivity contribution is 5.95. The van der Waals surface area contributed by atoms with Gasteiger partial charge in [0.1, 0.15) is 0 Å². The van der Waals surface area contributed by atoms with Gasteiger partial charge >= 0.3 is 0 Å². The summed E-state index contributed by atoms with van der Waals surface area (Å²) < 4.78 is 0. The third-order valence-electron chi connectivity index (χ3n) is 5.98. The number of hydrogen-bond donors (Lipinski definition) is 1. The summed E-state index contributed by atoms with van der Waals surface area (Å²) >= 11 is 0. The fourth-order valence-electron chi connectivity index (χ4n) is 4.34. The molecular weight excluding hydrogens is 440 g/mol. The van der Waals surface area contributed by atoms with Crippen molar-refractivity contribution in [2.24, 2.45) is 11.8 Å². The molecular formula is C27H32N6O2. The van der Waals surface area contributed by atoms with Crippen molar-refractivity contribution in [1.29, 1.82) is 0 Å². The van der Waals surface area contributed by atoms with E-state index in [1.54, 1.807) is 24.7 Å². The van der Waals surface area contributed by atoms with Gasteiger partial charge in [0.15, 0.2) is 0 Å². The molecule has 4 rings (SSSR count). The maximum atomic E-state index is 13.6. The molecule has 1 fully saturated rings. The minimum Gasteiger partial charge on any atom is -0.341 e. The Bertz CT molecular complexity index is 1120. The van der Waals surface area contributed by atoms with E-state index in [0.29, 0.717) is 56.5 Å². The van der Waals surface area contributed by atoms with E-state index in [1.165, 1.54) is 0 Å². The highest BCUT2D eigenvalue weighted by Gasteiger charge is 2.29. The lowest BCUT2D eigenvalue weighted by atomic mass is 10.0. The third kappa shape index (κ3) is 6.85. The summed E-state index contributed by atoms with van der Waals surface area (Å²) in [5, 5.41) is 3.14. The van der Waals surface area contributed by atoms with Crippen molar-refractivity contribution in [2.45, 2.75) is 26.7 Å². The predicted molar refractivity (Wildman–Crippen MR) is 135 cm³/mol. The zero-order valence-corrected chi connectivity index (χ0v) is 20.3. The average Bonchev–Trinajstić information content (AvgIpc) is 3.07. The molecule has 0 bridgehead atoms. The molecule has 35 heavy (non-hydrogen) atoms. The van der Waals surface area contributed by atoms with Gasteiger partial charge in [-0.05, 0) is 54.7 Å². The normalized spacial score (nSPS) is 16.1. The Hall–Kier alpha value is -3.81. The van der Waals surface area contributed by atoms with Gasteiger partial charge in [0.05, 0.1) is 0 Å². The van der Waals surface area contributed by atoms with Crippen LogP contribution in [0.4, 0.5) is 11.6 Å². The van der Waals surface area contributed by atoms with Gasteiger partial charge < -0.3 is 15.1 Å². The molecule has 1 N–H and O–H groups in total. The number of nitrogens with zero attached hydrogens (tertiary/aromatic N) is 5. The second kappa shape index (κ2) is 11.6. The average molecular weight is 473 g/mol. The van der Waals surface area contributed by atoms with Crippen LogP contribution < -0.4 is 5.32 Å². The van der Waals surface area contributed by atoms with Crippen LogP contribution >= 0.6 is 0 Å². The van der Waals surface area contributed by atoms with Crippen molar-refractivity contribution in [2.75, 3.05) is 31.5 Å². The van der Waals surface area contributed by atoms with Crippen LogP contribution in [0, 0.1) is 11.8 Å². The Labute approximate surface area is 206 Å². The summed E-state index contributed by atoms with van der Waals surface area (Å²) in [6.45, 7) is 6.34. The van der Waals surface area contributed by atoms with Crippen LogP contribution in [0.3, 0.4) is 0 Å². The van der Waals surface area contributed by atoms with Crippen LogP contribution in [0.25, 0.3) is 0 Å². The fourth-order valence-corrected chi connectivity index (χ4v) is 4.34. The summed E-state index contributed by atoms with van der Waals surface area (Å²) in [4.78, 5) is 43.1. The molecule has 0 radical (unpaired) electrons. The Morgan fingerprint density at radius 1 is 0.943 bits per heavy atom. The lowest BCUT2D eigenvalue weighted by molar-refractivity contribution is -0.132. The number of nitrogens with one attached hydrogen (secondary N) is 1. The zero-order chi connectivity index (χ0) is 24.6. The molecule has 3 aromatic rings. The Morgan fingerprint density at radius 2 is 1.69 bits per heavy atom. The topological polar surface area (TPSA) is 91.3 Å². The molecule has 8 nitrogen and oxygen atoms in total. The van der Waals surface area contributed by atoms with Gasteiger partial charge in [0.25, 0.3) is 5.91 Å². The number of aromatic nitrogens is 3. The number of pyridine rings is 1. The Balaban J connectivity index is 1.52. The Kier molecular flexibility index (Phi) is 8.03. The number of rotatable bonds is 7. The molecule has 3 heterocycles. The third-order valence-corrected chi connectivity index (χ3v) is 5.98. The highest BCUT2D eigenvalue weighted by atomic mass is 16.2. The van der Waals surface area contributed by atoms with Crippen molar-refractivity contribution in [1.82, 2.24) is 24.8 Å². The van der Waals surface area contributed by atoms with Crippen LogP contribution in [0.15, 0.2) is 67.1 Å². The second-order valence-electron chi connectivity index (χ2n) is 9.36. The van der Waals surface area contributed by atoms with Crippen LogP contribution in [0.2, 0.25) is 0 Å². The highest BCUT2D eigenvalue weighted by Crippen LogP contribution is 2.20. The van der Waals surface area contributed by atoms with Gasteiger partial charge in [0, 0.05) is 68.1 Å². The quantitative estimate of drug-likeness (QED) is 0.562. The minimum absolute atomic E-state index is 0.0493. The van der Waals surface area contributed by atoms with E-state index in [1.807, 2.05) is 52.3 Å². The molecule has 2 amide bonds. The van der Waals surface area contributed by atoms with Gasteiger partial charge in [-0.25, -0.2) is 9.97 Å². The molecule has 1 aromatic carbocycles. The lowest BCUT2D eigenvalue weighted by Crippen LogP contribution is -2.37. The predicted octanol–water partition coefficient (Wildman–Crippen LogP) is 3.80. The summed E-state index contributed by atoms with van der Waals surface area (Å²) in [7, 11) is 0. The minimum atomic E-state index is -0.0493. The number of anilines is 2. The molecule has 8 heteroatoms. The van der Waals surface area contributed by atoms with E-state index < -0.39 is 0 Å². The van der Waals surface area contributed by atoms with E-state index in [2.05, 4.69) is 34.1 Å². The van der Waals surface area contributed by atoms with Crippen molar-refractivity contribution in [3.63, 3.8) is 0 Å². The molecule has 0 unspecified atom stereocenters. The molecule has 182 valence electrons. The summed E-state index contributed by atoms with van der Waals surface area (Å²) in [5.41, 5.74) is 2.30. The standard InChI is InChI=1S/C27H32N6O2/c1-20(2)15-25(34)32-13-14-33(19-21(18-32)16-23-8-3-4-10-28-23)26(35)22-7-5-9-24(17-22)31-27-29-11-6-12-30-27/h3-12,17,20-21H,13-16,18-19H2,1-2H3,(H,29,30,31)/t21-/m1/s1. The van der Waals surface area contributed by atoms with E-state index in [-0.39, 0.29) is 17.7 Å². The van der Waals surface area contributed by atoms with E-state index in [4.69, 9.17) is 0 Å². The molecule has 1 atom stereocenters. The molecule has 0 spiro atoms. The van der Waals surface area contributed by atoms with Crippen LogP contribution in [-0.2, 0) is 11.2 Å². The SMILES string of the molecule is CC(C)CC(=O)N1CCN(C(=O)c2cccc(Nc3ncccn3)c2)C[C@H](Cc2ccccn2)C1. The first-order chi connectivity index (χ1) is 17.0. The molecule has 1 aliphatic heterocycles. The van der Waals surface area contributed by atoms with Crippen LogP contribution in [0.1, 0.15) is 36.3 Å². The first-order valence-corrected chi connectivity index (χ1v) is 12.1. The number of amides is 2. The number of benzene rings is 1. The maximum absolute atomic E-state index is 13.6. The molecule has 1 saturated heterocycles. The van der Waals surface area contributed by atoms with Crippen LogP contribution in [0.5, 0.6) is 0 Å². The second-order valence-corrected chi connectivity index (χ2v) is 9.36. The maximum Gasteiger partial charge on any atom is 0.254 e. The zero-order valence-electron chi connectivity index (χ0n) is 20.3. The smallest absolute Gasteiger partial charge is 0.254 e. The van der Waals surface area contributed by atoms with Gasteiger partial charge in [0.2, 0.25) is 11.9 Å². The molecule has 0 saturated carbocycles. The van der Waals surface area contributed by atoms with Gasteiger partial charge in [-0.3, -0.25) is 14.6 Å². The Morgan fingerprint density at radius 3 is 2.43 bits per heavy atom. The van der Waals surface area contributed by atoms with Crippen LogP contribution in [-0.4, -0.2) is 62.7 Å².